The Hall–Kier alpha value is -1.28. The molecular weight excluding hydrogens is 224 g/mol. The van der Waals surface area contributed by atoms with Crippen molar-refractivity contribution in [2.45, 2.75) is 20.8 Å². The largest absolute Gasteiger partial charge is 0.494 e. The number of carbonyl (C=O) groups excluding carboxylic acids is 1. The average Bonchev–Trinajstić information content (AvgIpc) is 2.23. The molecule has 0 saturated heterocycles. The van der Waals surface area contributed by atoms with Gasteiger partial charge in [-0.2, -0.15) is 0 Å². The van der Waals surface area contributed by atoms with Crippen molar-refractivity contribution in [2.24, 2.45) is 0 Å². The van der Waals surface area contributed by atoms with Crippen molar-refractivity contribution < 1.29 is 9.53 Å². The van der Waals surface area contributed by atoms with E-state index in [0.717, 1.165) is 22.4 Å². The molecule has 0 unspecified atom stereocenters. The highest BCUT2D eigenvalue weighted by Crippen LogP contribution is 2.29. The highest BCUT2D eigenvalue weighted by Gasteiger charge is 2.07. The van der Waals surface area contributed by atoms with Crippen LogP contribution in [0, 0.1) is 13.8 Å². The molecular formula is C13H15ClO2. The van der Waals surface area contributed by atoms with Crippen LogP contribution in [0.4, 0.5) is 0 Å². The van der Waals surface area contributed by atoms with Crippen LogP contribution in [-0.4, -0.2) is 12.9 Å². The number of hydrogen-bond acceptors (Lipinski definition) is 2. The van der Waals surface area contributed by atoms with Gasteiger partial charge in [0.05, 0.1) is 11.6 Å². The van der Waals surface area contributed by atoms with E-state index in [1.807, 2.05) is 32.9 Å². The summed E-state index contributed by atoms with van der Waals surface area (Å²) < 4.78 is 5.48. The zero-order valence-corrected chi connectivity index (χ0v) is 10.5. The minimum atomic E-state index is 0.457. The number of carbonyl (C=O) groups is 1. The molecule has 1 aromatic carbocycles. The monoisotopic (exact) mass is 238 g/mol. The van der Waals surface area contributed by atoms with Crippen LogP contribution in [0.1, 0.15) is 23.6 Å². The fourth-order valence-corrected chi connectivity index (χ4v) is 1.76. The van der Waals surface area contributed by atoms with Gasteiger partial charge in [0.1, 0.15) is 12.0 Å². The highest BCUT2D eigenvalue weighted by molar-refractivity contribution is 6.49. The first-order chi connectivity index (χ1) is 7.60. The maximum Gasteiger partial charge on any atom is 0.144 e. The van der Waals surface area contributed by atoms with Crippen molar-refractivity contribution in [2.75, 3.05) is 6.61 Å². The first kappa shape index (κ1) is 12.8. The summed E-state index contributed by atoms with van der Waals surface area (Å²) in [5.74, 6) is 0.860. The van der Waals surface area contributed by atoms with Gasteiger partial charge in [0.25, 0.3) is 0 Å². The van der Waals surface area contributed by atoms with Crippen molar-refractivity contribution in [3.63, 3.8) is 0 Å². The molecule has 3 heteroatoms. The minimum absolute atomic E-state index is 0.457. The van der Waals surface area contributed by atoms with Gasteiger partial charge in [-0.3, -0.25) is 4.79 Å². The summed E-state index contributed by atoms with van der Waals surface area (Å²) in [6.45, 7) is 6.48. The molecule has 16 heavy (non-hydrogen) atoms. The standard InChI is InChI=1S/C13H15ClO2/c1-4-16-13-8-9(2)11(7-10(13)3)12(14)5-6-15/h5-8H,4H2,1-3H3. The molecule has 1 rings (SSSR count). The van der Waals surface area contributed by atoms with Gasteiger partial charge in [0.2, 0.25) is 0 Å². The molecule has 0 atom stereocenters. The number of benzene rings is 1. The molecule has 0 aliphatic rings. The number of aldehydes is 1. The van der Waals surface area contributed by atoms with Crippen molar-refractivity contribution in [1.82, 2.24) is 0 Å². The molecule has 0 fully saturated rings. The second-order valence-corrected chi connectivity index (χ2v) is 3.92. The Labute approximate surface area is 101 Å². The summed E-state index contributed by atoms with van der Waals surface area (Å²) in [4.78, 5) is 10.4. The lowest BCUT2D eigenvalue weighted by Gasteiger charge is -2.11. The van der Waals surface area contributed by atoms with Gasteiger partial charge in [0.15, 0.2) is 0 Å². The number of ether oxygens (including phenoxy) is 1. The van der Waals surface area contributed by atoms with E-state index < -0.39 is 0 Å². The zero-order chi connectivity index (χ0) is 12.1. The lowest BCUT2D eigenvalue weighted by Crippen LogP contribution is -1.96. The molecule has 0 aliphatic carbocycles. The van der Waals surface area contributed by atoms with Crippen molar-refractivity contribution in [3.05, 3.63) is 34.9 Å². The molecule has 1 aromatic rings. The molecule has 0 radical (unpaired) electrons. The van der Waals surface area contributed by atoms with Crippen LogP contribution in [0.2, 0.25) is 0 Å². The molecule has 0 aliphatic heterocycles. The van der Waals surface area contributed by atoms with E-state index in [1.54, 1.807) is 0 Å². The van der Waals surface area contributed by atoms with Crippen LogP contribution in [0.15, 0.2) is 18.2 Å². The summed E-state index contributed by atoms with van der Waals surface area (Å²) >= 11 is 6.00. The van der Waals surface area contributed by atoms with Gasteiger partial charge in [-0.25, -0.2) is 0 Å². The van der Waals surface area contributed by atoms with Gasteiger partial charge in [0, 0.05) is 0 Å². The van der Waals surface area contributed by atoms with E-state index in [9.17, 15) is 4.79 Å². The summed E-state index contributed by atoms with van der Waals surface area (Å²) in [7, 11) is 0. The van der Waals surface area contributed by atoms with E-state index in [4.69, 9.17) is 16.3 Å². The first-order valence-corrected chi connectivity index (χ1v) is 5.53. The van der Waals surface area contributed by atoms with E-state index in [-0.39, 0.29) is 0 Å². The molecule has 0 saturated carbocycles. The normalized spacial score (nSPS) is 11.4. The minimum Gasteiger partial charge on any atom is -0.494 e. The third-order valence-electron chi connectivity index (χ3n) is 2.29. The van der Waals surface area contributed by atoms with E-state index in [1.165, 1.54) is 6.08 Å². The topological polar surface area (TPSA) is 26.3 Å². The Morgan fingerprint density at radius 2 is 2.06 bits per heavy atom. The maximum atomic E-state index is 10.4. The smallest absolute Gasteiger partial charge is 0.144 e. The van der Waals surface area contributed by atoms with Gasteiger partial charge < -0.3 is 4.74 Å². The fourth-order valence-electron chi connectivity index (χ4n) is 1.51. The summed E-state index contributed by atoms with van der Waals surface area (Å²) in [5, 5.41) is 0.457. The summed E-state index contributed by atoms with van der Waals surface area (Å²) in [6.07, 6.45) is 2.04. The highest BCUT2D eigenvalue weighted by atomic mass is 35.5. The first-order valence-electron chi connectivity index (χ1n) is 5.15. The molecule has 0 spiro atoms. The van der Waals surface area contributed by atoms with E-state index >= 15 is 0 Å². The Bertz CT molecular complexity index is 422. The lowest BCUT2D eigenvalue weighted by atomic mass is 10.0. The summed E-state index contributed by atoms with van der Waals surface area (Å²) in [5.41, 5.74) is 2.88. The number of allylic oxidation sites excluding steroid dienone is 1. The molecule has 0 heterocycles. The van der Waals surface area contributed by atoms with Crippen LogP contribution in [0.25, 0.3) is 5.03 Å². The predicted molar refractivity (Wildman–Crippen MR) is 67.0 cm³/mol. The zero-order valence-electron chi connectivity index (χ0n) is 9.71. The van der Waals surface area contributed by atoms with E-state index in [2.05, 4.69) is 0 Å². The third kappa shape index (κ3) is 2.86. The fraction of sp³-hybridized carbons (Fsp3) is 0.308. The molecule has 0 N–H and O–H groups in total. The van der Waals surface area contributed by atoms with Gasteiger partial charge in [-0.1, -0.05) is 11.6 Å². The third-order valence-corrected chi connectivity index (χ3v) is 2.62. The second kappa shape index (κ2) is 5.71. The summed E-state index contributed by atoms with van der Waals surface area (Å²) in [6, 6.07) is 3.87. The molecule has 0 bridgehead atoms. The molecule has 2 nitrogen and oxygen atoms in total. The van der Waals surface area contributed by atoms with Crippen molar-refractivity contribution in [3.8, 4) is 5.75 Å². The van der Waals surface area contributed by atoms with Crippen molar-refractivity contribution >= 4 is 22.9 Å². The Balaban J connectivity index is 3.19. The number of rotatable bonds is 4. The van der Waals surface area contributed by atoms with Gasteiger partial charge in [-0.05, 0) is 55.7 Å². The van der Waals surface area contributed by atoms with Crippen LogP contribution in [0.3, 0.4) is 0 Å². The molecule has 86 valence electrons. The lowest BCUT2D eigenvalue weighted by molar-refractivity contribution is -0.104. The van der Waals surface area contributed by atoms with Crippen molar-refractivity contribution in [1.29, 1.82) is 0 Å². The number of hydrogen-bond donors (Lipinski definition) is 0. The average molecular weight is 239 g/mol. The second-order valence-electron chi connectivity index (χ2n) is 3.52. The SMILES string of the molecule is CCOc1cc(C)c(C(Cl)=CC=O)cc1C. The Morgan fingerprint density at radius 1 is 1.38 bits per heavy atom. The van der Waals surface area contributed by atoms with Gasteiger partial charge >= 0.3 is 0 Å². The van der Waals surface area contributed by atoms with Gasteiger partial charge in [-0.15, -0.1) is 0 Å². The quantitative estimate of drug-likeness (QED) is 0.593. The Morgan fingerprint density at radius 3 is 2.62 bits per heavy atom. The molecule has 0 aromatic heterocycles. The van der Waals surface area contributed by atoms with Crippen LogP contribution >= 0.6 is 11.6 Å². The predicted octanol–water partition coefficient (Wildman–Crippen LogP) is 3.48. The number of halogens is 1. The van der Waals surface area contributed by atoms with Crippen LogP contribution < -0.4 is 4.74 Å². The number of aryl methyl sites for hydroxylation is 2. The van der Waals surface area contributed by atoms with Crippen LogP contribution in [-0.2, 0) is 4.79 Å². The van der Waals surface area contributed by atoms with E-state index in [0.29, 0.717) is 17.9 Å². The maximum absolute atomic E-state index is 10.4. The molecule has 0 amide bonds. The van der Waals surface area contributed by atoms with Crippen LogP contribution in [0.5, 0.6) is 5.75 Å². The Kier molecular flexibility index (Phi) is 4.56.